The molecule has 1 heterocycles. The maximum Gasteiger partial charge on any atom is 0.338 e. The number of dihydropyridines is 1. The second-order valence-electron chi connectivity index (χ2n) is 4.17. The van der Waals surface area contributed by atoms with Gasteiger partial charge in [-0.3, -0.25) is 4.79 Å². The molecule has 1 aliphatic rings. The first-order chi connectivity index (χ1) is 9.43. The second kappa shape index (κ2) is 7.32. The van der Waals surface area contributed by atoms with Crippen LogP contribution in [-0.2, 0) is 23.9 Å². The first-order valence-corrected chi connectivity index (χ1v) is 6.22. The average molecular weight is 283 g/mol. The summed E-state index contributed by atoms with van der Waals surface area (Å²) in [4.78, 5) is 33.8. The summed E-state index contributed by atoms with van der Waals surface area (Å²) in [6.07, 6.45) is 2.40. The van der Waals surface area contributed by atoms with Crippen molar-refractivity contribution in [1.82, 2.24) is 5.32 Å². The van der Waals surface area contributed by atoms with E-state index >= 15 is 0 Å². The number of nitrogens with one attached hydrogen (secondary N) is 1. The van der Waals surface area contributed by atoms with Crippen LogP contribution in [0.5, 0.6) is 0 Å². The maximum atomic E-state index is 11.8. The van der Waals surface area contributed by atoms with E-state index < -0.39 is 24.2 Å². The molecule has 0 amide bonds. The Morgan fingerprint density at radius 2 is 2.10 bits per heavy atom. The summed E-state index contributed by atoms with van der Waals surface area (Å²) >= 11 is 0. The molecule has 7 heteroatoms. The van der Waals surface area contributed by atoms with Gasteiger partial charge in [0.15, 0.2) is 0 Å². The van der Waals surface area contributed by atoms with E-state index in [1.165, 1.54) is 19.2 Å². The molecule has 0 bridgehead atoms. The van der Waals surface area contributed by atoms with Crippen molar-refractivity contribution in [2.24, 2.45) is 0 Å². The van der Waals surface area contributed by atoms with Crippen molar-refractivity contribution >= 4 is 17.9 Å². The van der Waals surface area contributed by atoms with Crippen LogP contribution in [0.2, 0.25) is 0 Å². The summed E-state index contributed by atoms with van der Waals surface area (Å²) in [5.74, 6) is -2.32. The lowest BCUT2D eigenvalue weighted by Gasteiger charge is -2.17. The molecule has 1 atom stereocenters. The van der Waals surface area contributed by atoms with Crippen molar-refractivity contribution < 1.29 is 29.0 Å². The van der Waals surface area contributed by atoms with E-state index in [-0.39, 0.29) is 24.1 Å². The lowest BCUT2D eigenvalue weighted by molar-refractivity contribution is -0.181. The molecule has 1 aliphatic heterocycles. The molecule has 110 valence electrons. The predicted molar refractivity (Wildman–Crippen MR) is 68.4 cm³/mol. The molecule has 0 spiro atoms. The topological polar surface area (TPSA) is 102 Å². The fourth-order valence-corrected chi connectivity index (χ4v) is 1.50. The molecule has 0 fully saturated rings. The monoisotopic (exact) mass is 283 g/mol. The summed E-state index contributed by atoms with van der Waals surface area (Å²) in [5, 5.41) is 11.5. The summed E-state index contributed by atoms with van der Waals surface area (Å²) in [5.41, 5.74) is 0.113. The average Bonchev–Trinajstić information content (AvgIpc) is 2.38. The molecule has 0 saturated carbocycles. The number of hydrogen-bond acceptors (Lipinski definition) is 6. The SMILES string of the molecule is CCCC(=O)OC(C)OC(=O)C1=CC(C(=O)O)=CNC1. The minimum Gasteiger partial charge on any atom is -0.478 e. The van der Waals surface area contributed by atoms with Crippen molar-refractivity contribution in [3.05, 3.63) is 23.4 Å². The van der Waals surface area contributed by atoms with E-state index in [2.05, 4.69) is 5.32 Å². The zero-order chi connectivity index (χ0) is 15.1. The molecular formula is C13H17NO6. The Bertz CT molecular complexity index is 465. The Hall–Kier alpha value is -2.31. The van der Waals surface area contributed by atoms with Gasteiger partial charge in [0.05, 0.1) is 11.1 Å². The highest BCUT2D eigenvalue weighted by molar-refractivity contribution is 5.96. The largest absolute Gasteiger partial charge is 0.478 e. The Morgan fingerprint density at radius 1 is 1.40 bits per heavy atom. The quantitative estimate of drug-likeness (QED) is 0.547. The summed E-state index contributed by atoms with van der Waals surface area (Å²) in [7, 11) is 0. The number of rotatable bonds is 6. The van der Waals surface area contributed by atoms with E-state index in [1.807, 2.05) is 6.92 Å². The van der Waals surface area contributed by atoms with Crippen LogP contribution in [-0.4, -0.2) is 35.8 Å². The number of carboxylic acids is 1. The van der Waals surface area contributed by atoms with Gasteiger partial charge in [-0.1, -0.05) is 6.92 Å². The van der Waals surface area contributed by atoms with Gasteiger partial charge >= 0.3 is 17.9 Å². The predicted octanol–water partition coefficient (Wildman–Crippen LogP) is 0.717. The van der Waals surface area contributed by atoms with Crippen LogP contribution in [0.15, 0.2) is 23.4 Å². The van der Waals surface area contributed by atoms with E-state index in [0.717, 1.165) is 0 Å². The molecule has 0 aromatic heterocycles. The van der Waals surface area contributed by atoms with Gasteiger partial charge in [-0.15, -0.1) is 0 Å². The van der Waals surface area contributed by atoms with E-state index in [1.54, 1.807) is 0 Å². The van der Waals surface area contributed by atoms with Gasteiger partial charge in [0.1, 0.15) is 0 Å². The van der Waals surface area contributed by atoms with Crippen LogP contribution in [0.25, 0.3) is 0 Å². The highest BCUT2D eigenvalue weighted by Crippen LogP contribution is 2.10. The van der Waals surface area contributed by atoms with Crippen LogP contribution in [0.1, 0.15) is 26.7 Å². The van der Waals surface area contributed by atoms with Crippen molar-refractivity contribution in [2.45, 2.75) is 33.0 Å². The molecule has 0 aliphatic carbocycles. The summed E-state index contributed by atoms with van der Waals surface area (Å²) < 4.78 is 9.79. The molecule has 1 unspecified atom stereocenters. The molecule has 0 saturated heterocycles. The minimum atomic E-state index is -1.15. The number of aliphatic carboxylic acids is 1. The van der Waals surface area contributed by atoms with Gasteiger partial charge < -0.3 is 19.9 Å². The normalized spacial score (nSPS) is 15.3. The number of esters is 2. The van der Waals surface area contributed by atoms with Gasteiger partial charge in [-0.05, 0) is 12.5 Å². The molecule has 1 rings (SSSR count). The zero-order valence-electron chi connectivity index (χ0n) is 11.3. The Kier molecular flexibility index (Phi) is 5.76. The first-order valence-electron chi connectivity index (χ1n) is 6.22. The lowest BCUT2D eigenvalue weighted by atomic mass is 10.1. The fraction of sp³-hybridized carbons (Fsp3) is 0.462. The standard InChI is InChI=1S/C13H17NO6/c1-3-4-11(15)19-8(2)20-13(18)10-5-9(12(16)17)6-14-7-10/h5-6,8,14H,3-4,7H2,1-2H3,(H,16,17). The number of ether oxygens (including phenoxy) is 2. The van der Waals surface area contributed by atoms with Crippen molar-refractivity contribution in [2.75, 3.05) is 6.54 Å². The zero-order valence-corrected chi connectivity index (χ0v) is 11.3. The van der Waals surface area contributed by atoms with Crippen LogP contribution < -0.4 is 5.32 Å². The van der Waals surface area contributed by atoms with Crippen LogP contribution in [0, 0.1) is 0 Å². The molecule has 0 aromatic rings. The van der Waals surface area contributed by atoms with Crippen LogP contribution >= 0.6 is 0 Å². The van der Waals surface area contributed by atoms with Crippen molar-refractivity contribution in [3.63, 3.8) is 0 Å². The Morgan fingerprint density at radius 3 is 2.70 bits per heavy atom. The van der Waals surface area contributed by atoms with E-state index in [9.17, 15) is 14.4 Å². The highest BCUT2D eigenvalue weighted by Gasteiger charge is 2.20. The van der Waals surface area contributed by atoms with Crippen molar-refractivity contribution in [1.29, 1.82) is 0 Å². The van der Waals surface area contributed by atoms with Gasteiger partial charge in [-0.25, -0.2) is 9.59 Å². The highest BCUT2D eigenvalue weighted by atomic mass is 16.7. The second-order valence-corrected chi connectivity index (χ2v) is 4.17. The molecule has 7 nitrogen and oxygen atoms in total. The van der Waals surface area contributed by atoms with Crippen LogP contribution in [0.3, 0.4) is 0 Å². The maximum absolute atomic E-state index is 11.8. The van der Waals surface area contributed by atoms with Gasteiger partial charge in [0.2, 0.25) is 6.29 Å². The molecule has 0 aromatic carbocycles. The Labute approximate surface area is 116 Å². The van der Waals surface area contributed by atoms with Crippen LogP contribution in [0.4, 0.5) is 0 Å². The fourth-order valence-electron chi connectivity index (χ4n) is 1.50. The minimum absolute atomic E-state index is 0.0427. The van der Waals surface area contributed by atoms with Gasteiger partial charge in [0.25, 0.3) is 0 Å². The molecule has 20 heavy (non-hydrogen) atoms. The summed E-state index contributed by atoms with van der Waals surface area (Å²) in [6.45, 7) is 3.41. The molecule has 2 N–H and O–H groups in total. The number of carbonyl (C=O) groups excluding carboxylic acids is 2. The number of carboxylic acid groups (broad SMARTS) is 1. The first kappa shape index (κ1) is 15.7. The van der Waals surface area contributed by atoms with Gasteiger partial charge in [0, 0.05) is 26.1 Å². The molecule has 0 radical (unpaired) electrons. The Balaban J connectivity index is 2.56. The lowest BCUT2D eigenvalue weighted by Crippen LogP contribution is -2.28. The third-order valence-electron chi connectivity index (χ3n) is 2.41. The smallest absolute Gasteiger partial charge is 0.338 e. The number of carbonyl (C=O) groups is 3. The van der Waals surface area contributed by atoms with E-state index in [4.69, 9.17) is 14.6 Å². The third-order valence-corrected chi connectivity index (χ3v) is 2.41. The summed E-state index contributed by atoms with van der Waals surface area (Å²) in [6, 6.07) is 0. The third kappa shape index (κ3) is 4.75. The van der Waals surface area contributed by atoms with E-state index in [0.29, 0.717) is 6.42 Å². The number of hydrogen-bond donors (Lipinski definition) is 2. The van der Waals surface area contributed by atoms with Gasteiger partial charge in [-0.2, -0.15) is 0 Å². The molecular weight excluding hydrogens is 266 g/mol. The van der Waals surface area contributed by atoms with Crippen molar-refractivity contribution in [3.8, 4) is 0 Å².